The van der Waals surface area contributed by atoms with E-state index in [9.17, 15) is 4.79 Å². The Labute approximate surface area is 190 Å². The molecule has 2 aromatic heterocycles. The Bertz CT molecular complexity index is 1010. The molecule has 31 heavy (non-hydrogen) atoms. The maximum absolute atomic E-state index is 12.3. The Morgan fingerprint density at radius 2 is 1.94 bits per heavy atom. The molecule has 0 radical (unpaired) electrons. The molecule has 3 aromatic rings. The number of morpholine rings is 1. The molecule has 0 bridgehead atoms. The summed E-state index contributed by atoms with van der Waals surface area (Å²) in [4.78, 5) is 27.7. The molecule has 3 heterocycles. The van der Waals surface area contributed by atoms with Crippen molar-refractivity contribution in [2.45, 2.75) is 17.5 Å². The van der Waals surface area contributed by atoms with E-state index < -0.39 is 0 Å². The van der Waals surface area contributed by atoms with Gasteiger partial charge in [0, 0.05) is 36.7 Å². The second-order valence-electron chi connectivity index (χ2n) is 6.92. The summed E-state index contributed by atoms with van der Waals surface area (Å²) in [7, 11) is 0. The Balaban J connectivity index is 1.33. The van der Waals surface area contributed by atoms with Crippen molar-refractivity contribution in [3.8, 4) is 0 Å². The molecule has 0 saturated carbocycles. The monoisotopic (exact) mass is 455 g/mol. The third kappa shape index (κ3) is 6.16. The molecular weight excluding hydrogens is 434 g/mol. The number of rotatable bonds is 7. The van der Waals surface area contributed by atoms with Crippen LogP contribution in [0.25, 0.3) is 0 Å². The average molecular weight is 456 g/mol. The molecule has 0 aliphatic carbocycles. The highest BCUT2D eigenvalue weighted by Gasteiger charge is 2.15. The summed E-state index contributed by atoms with van der Waals surface area (Å²) in [6.07, 6.45) is 1.71. The summed E-state index contributed by atoms with van der Waals surface area (Å²) in [5, 5.41) is 3.94. The summed E-state index contributed by atoms with van der Waals surface area (Å²) < 4.78 is 5.40. The minimum Gasteiger partial charge on any atom is -0.378 e. The van der Waals surface area contributed by atoms with E-state index in [2.05, 4.69) is 25.2 Å². The third-order valence-electron chi connectivity index (χ3n) is 4.74. The molecule has 0 atom stereocenters. The molecule has 160 valence electrons. The molecule has 1 amide bonds. The van der Waals surface area contributed by atoms with Gasteiger partial charge in [-0.25, -0.2) is 9.97 Å². The van der Waals surface area contributed by atoms with Crippen molar-refractivity contribution in [2.24, 2.45) is 0 Å². The zero-order chi connectivity index (χ0) is 21.5. The number of anilines is 1. The largest absolute Gasteiger partial charge is 0.378 e. The lowest BCUT2D eigenvalue weighted by atomic mass is 10.1. The number of hydrogen-bond donors (Lipinski definition) is 1. The maximum Gasteiger partial charge on any atom is 0.251 e. The van der Waals surface area contributed by atoms with Crippen molar-refractivity contribution in [1.82, 2.24) is 20.3 Å². The Hall–Kier alpha value is -2.68. The van der Waals surface area contributed by atoms with Gasteiger partial charge in [-0.05, 0) is 29.8 Å². The van der Waals surface area contributed by atoms with Crippen LogP contribution in [0.3, 0.4) is 0 Å². The van der Waals surface area contributed by atoms with Gasteiger partial charge in [-0.15, -0.1) is 0 Å². The van der Waals surface area contributed by atoms with Gasteiger partial charge in [-0.3, -0.25) is 9.78 Å². The molecule has 9 heteroatoms. The van der Waals surface area contributed by atoms with Crippen LogP contribution in [0.15, 0.2) is 59.9 Å². The lowest BCUT2D eigenvalue weighted by molar-refractivity contribution is 0.0950. The number of aromatic nitrogens is 3. The minimum absolute atomic E-state index is 0.127. The molecule has 0 unspecified atom stereocenters. The van der Waals surface area contributed by atoms with Crippen LogP contribution in [-0.4, -0.2) is 47.2 Å². The van der Waals surface area contributed by atoms with Gasteiger partial charge in [0.05, 0.1) is 25.5 Å². The first kappa shape index (κ1) is 21.5. The molecule has 1 aliphatic heterocycles. The van der Waals surface area contributed by atoms with E-state index >= 15 is 0 Å². The molecule has 0 spiro atoms. The number of benzene rings is 1. The highest BCUT2D eigenvalue weighted by Crippen LogP contribution is 2.25. The maximum atomic E-state index is 12.3. The predicted molar refractivity (Wildman–Crippen MR) is 121 cm³/mol. The lowest BCUT2D eigenvalue weighted by Gasteiger charge is -2.27. The van der Waals surface area contributed by atoms with Gasteiger partial charge in [-0.2, -0.15) is 0 Å². The van der Waals surface area contributed by atoms with Crippen LogP contribution in [-0.2, 0) is 17.0 Å². The number of carbonyl (C=O) groups excluding carboxylic acids is 1. The van der Waals surface area contributed by atoms with E-state index in [1.54, 1.807) is 12.3 Å². The first-order chi connectivity index (χ1) is 15.2. The highest BCUT2D eigenvalue weighted by atomic mass is 35.5. The smallest absolute Gasteiger partial charge is 0.251 e. The predicted octanol–water partition coefficient (Wildman–Crippen LogP) is 3.58. The number of nitrogens with one attached hydrogen (secondary N) is 1. The van der Waals surface area contributed by atoms with Crippen molar-refractivity contribution in [1.29, 1.82) is 0 Å². The number of nitrogens with zero attached hydrogens (tertiary/aromatic N) is 4. The number of amides is 1. The quantitative estimate of drug-likeness (QED) is 0.331. The first-order valence-corrected chi connectivity index (χ1v) is 11.3. The van der Waals surface area contributed by atoms with Crippen LogP contribution in [0.5, 0.6) is 0 Å². The van der Waals surface area contributed by atoms with Gasteiger partial charge < -0.3 is 15.0 Å². The molecule has 1 fully saturated rings. The molecule has 4 rings (SSSR count). The second-order valence-corrected chi connectivity index (χ2v) is 8.25. The van der Waals surface area contributed by atoms with E-state index in [0.29, 0.717) is 41.4 Å². The van der Waals surface area contributed by atoms with Gasteiger partial charge in [-0.1, -0.05) is 41.6 Å². The Kier molecular flexibility index (Phi) is 7.35. The molecule has 1 saturated heterocycles. The SMILES string of the molecule is O=C(NCc1ccccn1)c1ccc(CSc2nc(Cl)cc(N3CCOCC3)n2)cc1. The topological polar surface area (TPSA) is 80.2 Å². The van der Waals surface area contributed by atoms with Crippen LogP contribution in [0.1, 0.15) is 21.6 Å². The zero-order valence-corrected chi connectivity index (χ0v) is 18.4. The van der Waals surface area contributed by atoms with Crippen LogP contribution in [0.2, 0.25) is 5.15 Å². The molecule has 1 N–H and O–H groups in total. The number of ether oxygens (including phenoxy) is 1. The van der Waals surface area contributed by atoms with E-state index in [1.807, 2.05) is 42.5 Å². The summed E-state index contributed by atoms with van der Waals surface area (Å²) >= 11 is 7.72. The zero-order valence-electron chi connectivity index (χ0n) is 16.8. The Morgan fingerprint density at radius 3 is 2.68 bits per heavy atom. The first-order valence-electron chi connectivity index (χ1n) is 9.94. The van der Waals surface area contributed by atoms with Gasteiger partial charge >= 0.3 is 0 Å². The lowest BCUT2D eigenvalue weighted by Crippen LogP contribution is -2.36. The van der Waals surface area contributed by atoms with Crippen molar-refractivity contribution in [2.75, 3.05) is 31.2 Å². The molecule has 7 nitrogen and oxygen atoms in total. The molecule has 1 aromatic carbocycles. The van der Waals surface area contributed by atoms with Crippen molar-refractivity contribution in [3.05, 3.63) is 76.7 Å². The molecular formula is C22H22ClN5O2S. The fraction of sp³-hybridized carbons (Fsp3) is 0.273. The summed E-state index contributed by atoms with van der Waals surface area (Å²) in [5.41, 5.74) is 2.50. The van der Waals surface area contributed by atoms with Crippen LogP contribution in [0, 0.1) is 0 Å². The van der Waals surface area contributed by atoms with Gasteiger partial charge in [0.1, 0.15) is 11.0 Å². The minimum atomic E-state index is -0.127. The van der Waals surface area contributed by atoms with Crippen LogP contribution in [0.4, 0.5) is 5.82 Å². The van der Waals surface area contributed by atoms with Gasteiger partial charge in [0.15, 0.2) is 5.16 Å². The van der Waals surface area contributed by atoms with Gasteiger partial charge in [0.2, 0.25) is 0 Å². The fourth-order valence-corrected chi connectivity index (χ4v) is 4.12. The number of hydrogen-bond acceptors (Lipinski definition) is 7. The summed E-state index contributed by atoms with van der Waals surface area (Å²) in [6.45, 7) is 3.36. The normalized spacial score (nSPS) is 13.8. The number of pyridine rings is 1. The second kappa shape index (κ2) is 10.6. The van der Waals surface area contributed by atoms with Crippen LogP contribution >= 0.6 is 23.4 Å². The Morgan fingerprint density at radius 1 is 1.13 bits per heavy atom. The van der Waals surface area contributed by atoms with E-state index in [1.165, 1.54) is 11.8 Å². The van der Waals surface area contributed by atoms with E-state index in [-0.39, 0.29) is 5.91 Å². The van der Waals surface area contributed by atoms with E-state index in [0.717, 1.165) is 30.2 Å². The molecule has 1 aliphatic rings. The number of halogens is 1. The number of carbonyl (C=O) groups is 1. The van der Waals surface area contributed by atoms with Crippen molar-refractivity contribution in [3.63, 3.8) is 0 Å². The fourth-order valence-electron chi connectivity index (χ4n) is 3.08. The third-order valence-corrected chi connectivity index (χ3v) is 5.85. The summed E-state index contributed by atoms with van der Waals surface area (Å²) in [5.74, 6) is 1.38. The van der Waals surface area contributed by atoms with E-state index in [4.69, 9.17) is 16.3 Å². The average Bonchev–Trinajstić information content (AvgIpc) is 2.82. The van der Waals surface area contributed by atoms with Gasteiger partial charge in [0.25, 0.3) is 5.91 Å². The highest BCUT2D eigenvalue weighted by molar-refractivity contribution is 7.98. The van der Waals surface area contributed by atoms with Crippen molar-refractivity contribution < 1.29 is 9.53 Å². The van der Waals surface area contributed by atoms with Crippen molar-refractivity contribution >= 4 is 35.1 Å². The standard InChI is InChI=1S/C22H22ClN5O2S/c23-19-13-20(28-9-11-30-12-10-28)27-22(26-19)31-15-16-4-6-17(7-5-16)21(29)25-14-18-3-1-2-8-24-18/h1-8,13H,9-12,14-15H2,(H,25,29). The summed E-state index contributed by atoms with van der Waals surface area (Å²) in [6, 6.07) is 14.9. The van der Waals surface area contributed by atoms with Crippen LogP contribution < -0.4 is 10.2 Å². The number of thioether (sulfide) groups is 1.